The van der Waals surface area contributed by atoms with E-state index in [2.05, 4.69) is 5.48 Å². The number of hydrogen-bond acceptors (Lipinski definition) is 7. The summed E-state index contributed by atoms with van der Waals surface area (Å²) in [5, 5.41) is 12.0. The van der Waals surface area contributed by atoms with E-state index < -0.39 is 32.1 Å². The molecule has 3 aromatic carbocycles. The van der Waals surface area contributed by atoms with Crippen molar-refractivity contribution >= 4 is 15.7 Å². The Labute approximate surface area is 211 Å². The fraction of sp³-hybridized carbons (Fsp3) is 0.296. The van der Waals surface area contributed by atoms with Gasteiger partial charge in [-0.3, -0.25) is 9.63 Å². The summed E-state index contributed by atoms with van der Waals surface area (Å²) in [6.45, 7) is 3.21. The van der Waals surface area contributed by atoms with Crippen LogP contribution in [0.1, 0.15) is 25.0 Å². The molecule has 0 saturated carbocycles. The van der Waals surface area contributed by atoms with Gasteiger partial charge in [-0.05, 0) is 41.3 Å². The van der Waals surface area contributed by atoms with Crippen LogP contribution in [0.15, 0.2) is 89.8 Å². The van der Waals surface area contributed by atoms with Crippen LogP contribution in [-0.2, 0) is 32.5 Å². The number of amides is 1. The minimum Gasteiger partial charge on any atom is -0.497 e. The Kier molecular flexibility index (Phi) is 8.52. The number of nitrogens with two attached hydrogens (primary N) is 1. The van der Waals surface area contributed by atoms with Crippen molar-refractivity contribution in [2.45, 2.75) is 42.2 Å². The Bertz CT molecular complexity index is 1250. The Hall–Kier alpha value is -3.24. The maximum atomic E-state index is 14.0. The first kappa shape index (κ1) is 27.3. The fourth-order valence-corrected chi connectivity index (χ4v) is 5.92. The first-order chi connectivity index (χ1) is 17.1. The summed E-state index contributed by atoms with van der Waals surface area (Å²) in [7, 11) is -3.21. The summed E-state index contributed by atoms with van der Waals surface area (Å²) < 4.78 is 33.2. The van der Waals surface area contributed by atoms with Crippen LogP contribution in [0.25, 0.3) is 0 Å². The Morgan fingerprint density at radius 2 is 1.47 bits per heavy atom. The molecule has 8 nitrogen and oxygen atoms in total. The molecule has 0 saturated heterocycles. The normalized spacial score (nSPS) is 15.1. The molecule has 1 amide bonds. The van der Waals surface area contributed by atoms with E-state index in [0.717, 1.165) is 5.56 Å². The standard InChI is InChI=1S/C27H32N2O6S/c1-20(2)26(31,18-21-10-6-4-7-11-21)27(28,25(30)29-35-19-22-12-8-5-9-13-22)36(32,33)24-16-14-23(34-3)15-17-24/h4-17,20,31H,18-19,28H2,1-3H3,(H,29,30)/t26?,27-/m0/s1. The summed E-state index contributed by atoms with van der Waals surface area (Å²) in [6.07, 6.45) is -0.191. The lowest BCUT2D eigenvalue weighted by molar-refractivity contribution is -0.148. The average molecular weight is 513 g/mol. The molecule has 0 radical (unpaired) electrons. The third kappa shape index (κ3) is 5.29. The number of ether oxygens (including phenoxy) is 1. The van der Waals surface area contributed by atoms with Crippen LogP contribution in [-0.4, -0.2) is 37.0 Å². The van der Waals surface area contributed by atoms with Crippen LogP contribution >= 0.6 is 0 Å². The van der Waals surface area contributed by atoms with Crippen molar-refractivity contribution in [2.75, 3.05) is 7.11 Å². The summed E-state index contributed by atoms with van der Waals surface area (Å²) in [6, 6.07) is 23.3. The van der Waals surface area contributed by atoms with Crippen LogP contribution in [0.5, 0.6) is 5.75 Å². The molecule has 36 heavy (non-hydrogen) atoms. The molecule has 3 rings (SSSR count). The fourth-order valence-electron chi connectivity index (χ4n) is 4.00. The third-order valence-corrected chi connectivity index (χ3v) is 8.57. The van der Waals surface area contributed by atoms with Gasteiger partial charge in [-0.1, -0.05) is 74.5 Å². The predicted molar refractivity (Wildman–Crippen MR) is 136 cm³/mol. The predicted octanol–water partition coefficient (Wildman–Crippen LogP) is 3.00. The van der Waals surface area contributed by atoms with Crippen LogP contribution in [0.2, 0.25) is 0 Å². The van der Waals surface area contributed by atoms with Gasteiger partial charge in [0.1, 0.15) is 11.4 Å². The molecule has 0 fully saturated rings. The van der Waals surface area contributed by atoms with E-state index in [0.29, 0.717) is 11.3 Å². The van der Waals surface area contributed by atoms with Crippen LogP contribution in [0.3, 0.4) is 0 Å². The highest BCUT2D eigenvalue weighted by molar-refractivity contribution is 7.93. The van der Waals surface area contributed by atoms with E-state index in [4.69, 9.17) is 15.3 Å². The molecule has 2 atom stereocenters. The zero-order valence-electron chi connectivity index (χ0n) is 20.5. The molecular weight excluding hydrogens is 480 g/mol. The Balaban J connectivity index is 2.07. The Morgan fingerprint density at radius 3 is 1.97 bits per heavy atom. The maximum absolute atomic E-state index is 14.0. The van der Waals surface area contributed by atoms with Crippen molar-refractivity contribution in [2.24, 2.45) is 11.7 Å². The summed E-state index contributed by atoms with van der Waals surface area (Å²) >= 11 is 0. The molecule has 0 aliphatic carbocycles. The van der Waals surface area contributed by atoms with Gasteiger partial charge in [0.2, 0.25) is 14.7 Å². The highest BCUT2D eigenvalue weighted by Gasteiger charge is 2.64. The molecule has 9 heteroatoms. The van der Waals surface area contributed by atoms with Crippen molar-refractivity contribution in [3.63, 3.8) is 0 Å². The van der Waals surface area contributed by atoms with Gasteiger partial charge in [0.25, 0.3) is 5.91 Å². The maximum Gasteiger partial charge on any atom is 0.282 e. The van der Waals surface area contributed by atoms with E-state index in [1.807, 2.05) is 6.07 Å². The lowest BCUT2D eigenvalue weighted by atomic mass is 9.77. The van der Waals surface area contributed by atoms with Gasteiger partial charge in [-0.2, -0.15) is 0 Å². The van der Waals surface area contributed by atoms with Gasteiger partial charge < -0.3 is 15.6 Å². The second-order valence-electron chi connectivity index (χ2n) is 8.86. The van der Waals surface area contributed by atoms with Gasteiger partial charge >= 0.3 is 0 Å². The van der Waals surface area contributed by atoms with Gasteiger partial charge in [-0.15, -0.1) is 0 Å². The van der Waals surface area contributed by atoms with E-state index >= 15 is 0 Å². The van der Waals surface area contributed by atoms with E-state index in [9.17, 15) is 18.3 Å². The molecule has 0 heterocycles. The molecule has 0 aliphatic heterocycles. The van der Waals surface area contributed by atoms with E-state index in [1.54, 1.807) is 68.4 Å². The number of carbonyl (C=O) groups excluding carboxylic acids is 1. The zero-order chi connectivity index (χ0) is 26.4. The number of aliphatic hydroxyl groups is 1. The number of hydroxylamine groups is 1. The summed E-state index contributed by atoms with van der Waals surface area (Å²) in [5.74, 6) is -1.49. The van der Waals surface area contributed by atoms with Crippen molar-refractivity contribution < 1.29 is 27.9 Å². The van der Waals surface area contributed by atoms with Gasteiger partial charge in [0.15, 0.2) is 0 Å². The smallest absolute Gasteiger partial charge is 0.282 e. The third-order valence-electron chi connectivity index (χ3n) is 6.29. The number of hydrogen-bond donors (Lipinski definition) is 3. The quantitative estimate of drug-likeness (QED) is 0.337. The lowest BCUT2D eigenvalue weighted by Crippen LogP contribution is -2.74. The van der Waals surface area contributed by atoms with E-state index in [1.165, 1.54) is 31.4 Å². The van der Waals surface area contributed by atoms with Crippen molar-refractivity contribution in [1.29, 1.82) is 0 Å². The van der Waals surface area contributed by atoms with E-state index in [-0.39, 0.29) is 17.9 Å². The van der Waals surface area contributed by atoms with Crippen molar-refractivity contribution in [1.82, 2.24) is 5.48 Å². The SMILES string of the molecule is COc1ccc(S(=O)(=O)[C@@](N)(C(=O)NOCc2ccccc2)C(O)(Cc2ccccc2)C(C)C)cc1. The number of methoxy groups -OCH3 is 1. The molecule has 0 aliphatic rings. The number of benzene rings is 3. The van der Waals surface area contributed by atoms with Crippen LogP contribution < -0.4 is 16.0 Å². The molecule has 192 valence electrons. The summed E-state index contributed by atoms with van der Waals surface area (Å²) in [5.41, 5.74) is 7.91. The molecule has 0 aromatic heterocycles. The van der Waals surface area contributed by atoms with Gasteiger partial charge in [-0.25, -0.2) is 13.9 Å². The van der Waals surface area contributed by atoms with Crippen molar-refractivity contribution in [3.05, 3.63) is 96.1 Å². The molecule has 4 N–H and O–H groups in total. The monoisotopic (exact) mass is 512 g/mol. The highest BCUT2D eigenvalue weighted by atomic mass is 32.2. The number of carbonyl (C=O) groups is 1. The number of sulfone groups is 1. The summed E-state index contributed by atoms with van der Waals surface area (Å²) in [4.78, 5) is 15.9. The first-order valence-electron chi connectivity index (χ1n) is 11.5. The topological polar surface area (TPSA) is 128 Å². The second-order valence-corrected chi connectivity index (χ2v) is 11.0. The zero-order valence-corrected chi connectivity index (χ0v) is 21.4. The first-order valence-corrected chi connectivity index (χ1v) is 12.9. The minimum absolute atomic E-state index is 0.0238. The second kappa shape index (κ2) is 11.2. The van der Waals surface area contributed by atoms with Crippen LogP contribution in [0, 0.1) is 5.92 Å². The van der Waals surface area contributed by atoms with Gasteiger partial charge in [0, 0.05) is 6.42 Å². The molecular formula is C27H32N2O6S. The highest BCUT2D eigenvalue weighted by Crippen LogP contribution is 2.39. The van der Waals surface area contributed by atoms with Crippen LogP contribution in [0.4, 0.5) is 0 Å². The Morgan fingerprint density at radius 1 is 0.944 bits per heavy atom. The molecule has 0 spiro atoms. The number of nitrogens with one attached hydrogen (secondary N) is 1. The average Bonchev–Trinajstić information content (AvgIpc) is 2.89. The molecule has 3 aromatic rings. The number of rotatable bonds is 11. The van der Waals surface area contributed by atoms with Crippen molar-refractivity contribution in [3.8, 4) is 5.75 Å². The molecule has 1 unspecified atom stereocenters. The van der Waals surface area contributed by atoms with Gasteiger partial charge in [0.05, 0.1) is 18.6 Å². The molecule has 0 bridgehead atoms. The lowest BCUT2D eigenvalue weighted by Gasteiger charge is -2.45. The minimum atomic E-state index is -4.66. The largest absolute Gasteiger partial charge is 0.497 e.